The number of rotatable bonds is 8. The molecule has 0 bridgehead atoms. The van der Waals surface area contributed by atoms with Crippen LogP contribution in [0.15, 0.2) is 42.5 Å². The number of aliphatic hydroxyl groups is 1. The number of ether oxygens (including phenoxy) is 2. The van der Waals surface area contributed by atoms with Gasteiger partial charge in [0.15, 0.2) is 0 Å². The highest BCUT2D eigenvalue weighted by molar-refractivity contribution is 5.99. The lowest BCUT2D eigenvalue weighted by Crippen LogP contribution is -2.47. The Morgan fingerprint density at radius 2 is 1.80 bits per heavy atom. The topological polar surface area (TPSA) is 103 Å². The lowest BCUT2D eigenvalue weighted by molar-refractivity contribution is -0.137. The number of aliphatic hydroxyl groups excluding tert-OH is 1. The standard InChI is InChI=1S/C34H49F3N4O5/c1-22(2)38-33(44)39-28-14-15-30-29(17-28)32(43)41(24(4)21-42)18-23(3)31(45-16-8-7-9-25(5)46-30)20-40(6)19-26-10-12-27(13-11-26)34(35,36)37/h10-15,17,22-25,31,42H,7-9,16,18-21H2,1-6H3,(H2,38,39,44)/t23-,24-,25+,31+/m0/s1. The first-order valence-corrected chi connectivity index (χ1v) is 15.9. The van der Waals surface area contributed by atoms with Crippen molar-refractivity contribution in [1.82, 2.24) is 15.1 Å². The second-order valence-electron chi connectivity index (χ2n) is 12.7. The van der Waals surface area contributed by atoms with Crippen LogP contribution in [0, 0.1) is 5.92 Å². The minimum absolute atomic E-state index is 0.0744. The summed E-state index contributed by atoms with van der Waals surface area (Å²) >= 11 is 0. The summed E-state index contributed by atoms with van der Waals surface area (Å²) in [6.07, 6.45) is -2.50. The zero-order valence-electron chi connectivity index (χ0n) is 27.7. The number of halogens is 3. The molecule has 4 atom stereocenters. The molecule has 0 saturated carbocycles. The summed E-state index contributed by atoms with van der Waals surface area (Å²) in [4.78, 5) is 30.2. The van der Waals surface area contributed by atoms with Crippen LogP contribution in [-0.4, -0.2) is 84.5 Å². The largest absolute Gasteiger partial charge is 0.490 e. The van der Waals surface area contributed by atoms with Gasteiger partial charge >= 0.3 is 12.2 Å². The quantitative estimate of drug-likeness (QED) is 0.316. The number of carbonyl (C=O) groups excluding carboxylic acids is 2. The average molecular weight is 651 g/mol. The van der Waals surface area contributed by atoms with E-state index in [1.165, 1.54) is 12.1 Å². The number of urea groups is 1. The van der Waals surface area contributed by atoms with Gasteiger partial charge in [0.1, 0.15) is 5.75 Å². The summed E-state index contributed by atoms with van der Waals surface area (Å²) in [7, 11) is 1.89. The van der Waals surface area contributed by atoms with Crippen LogP contribution in [0.5, 0.6) is 5.75 Å². The maximum absolute atomic E-state index is 14.2. The van der Waals surface area contributed by atoms with Gasteiger partial charge in [-0.15, -0.1) is 0 Å². The van der Waals surface area contributed by atoms with Gasteiger partial charge in [0, 0.05) is 43.9 Å². The van der Waals surface area contributed by atoms with Crippen molar-refractivity contribution in [3.05, 3.63) is 59.2 Å². The molecule has 3 N–H and O–H groups in total. The van der Waals surface area contributed by atoms with Gasteiger partial charge in [-0.25, -0.2) is 4.79 Å². The third-order valence-corrected chi connectivity index (χ3v) is 7.95. The van der Waals surface area contributed by atoms with E-state index in [-0.39, 0.29) is 48.8 Å². The highest BCUT2D eigenvalue weighted by Gasteiger charge is 2.31. The Morgan fingerprint density at radius 3 is 2.43 bits per heavy atom. The second-order valence-corrected chi connectivity index (χ2v) is 12.7. The predicted molar refractivity (Wildman–Crippen MR) is 172 cm³/mol. The molecular formula is C34H49F3N4O5. The van der Waals surface area contributed by atoms with Crippen LogP contribution < -0.4 is 15.4 Å². The van der Waals surface area contributed by atoms with Crippen molar-refractivity contribution in [2.24, 2.45) is 5.92 Å². The molecule has 2 aromatic rings. The van der Waals surface area contributed by atoms with Gasteiger partial charge in [-0.2, -0.15) is 13.2 Å². The summed E-state index contributed by atoms with van der Waals surface area (Å²) in [6, 6.07) is 9.13. The fraction of sp³-hybridized carbons (Fsp3) is 0.588. The predicted octanol–water partition coefficient (Wildman–Crippen LogP) is 6.16. The van der Waals surface area contributed by atoms with E-state index in [2.05, 4.69) is 10.6 Å². The van der Waals surface area contributed by atoms with Gasteiger partial charge in [0.25, 0.3) is 5.91 Å². The molecular weight excluding hydrogens is 601 g/mol. The van der Waals surface area contributed by atoms with Gasteiger partial charge in [0.05, 0.1) is 36.0 Å². The number of amides is 3. The van der Waals surface area contributed by atoms with Crippen LogP contribution in [0.1, 0.15) is 75.4 Å². The van der Waals surface area contributed by atoms with Crippen LogP contribution in [0.3, 0.4) is 0 Å². The van der Waals surface area contributed by atoms with Crippen molar-refractivity contribution in [2.45, 2.75) is 90.9 Å². The van der Waals surface area contributed by atoms with E-state index >= 15 is 0 Å². The number of likely N-dealkylation sites (N-methyl/N-ethyl adjacent to an activating group) is 1. The molecule has 0 fully saturated rings. The molecule has 3 amide bonds. The minimum atomic E-state index is -4.39. The van der Waals surface area contributed by atoms with Gasteiger partial charge in [-0.1, -0.05) is 19.1 Å². The summed E-state index contributed by atoms with van der Waals surface area (Å²) in [5.74, 6) is -0.119. The normalized spacial score (nSPS) is 20.9. The summed E-state index contributed by atoms with van der Waals surface area (Å²) in [5.41, 5.74) is 0.758. The van der Waals surface area contributed by atoms with Crippen LogP contribution in [-0.2, 0) is 17.5 Å². The van der Waals surface area contributed by atoms with Crippen molar-refractivity contribution in [3.63, 3.8) is 0 Å². The number of fused-ring (bicyclic) bond motifs is 1. The third kappa shape index (κ3) is 11.2. The minimum Gasteiger partial charge on any atom is -0.490 e. The molecule has 9 nitrogen and oxygen atoms in total. The Bertz CT molecular complexity index is 1270. The zero-order chi connectivity index (χ0) is 34.0. The third-order valence-electron chi connectivity index (χ3n) is 7.95. The second kappa shape index (κ2) is 17.0. The molecule has 46 heavy (non-hydrogen) atoms. The van der Waals surface area contributed by atoms with E-state index in [4.69, 9.17) is 9.47 Å². The fourth-order valence-electron chi connectivity index (χ4n) is 5.37. The molecule has 2 aromatic carbocycles. The molecule has 0 radical (unpaired) electrons. The molecule has 256 valence electrons. The van der Waals surface area contributed by atoms with Crippen molar-refractivity contribution >= 4 is 17.6 Å². The highest BCUT2D eigenvalue weighted by Crippen LogP contribution is 2.30. The van der Waals surface area contributed by atoms with Gasteiger partial charge in [-0.3, -0.25) is 9.69 Å². The van der Waals surface area contributed by atoms with Crippen molar-refractivity contribution in [2.75, 3.05) is 38.7 Å². The highest BCUT2D eigenvalue weighted by atomic mass is 19.4. The van der Waals surface area contributed by atoms with Crippen molar-refractivity contribution < 1.29 is 37.3 Å². The Hall–Kier alpha value is -3.35. The van der Waals surface area contributed by atoms with Gasteiger partial charge in [-0.05, 0) is 89.9 Å². The number of nitrogens with zero attached hydrogens (tertiary/aromatic N) is 2. The van der Waals surface area contributed by atoms with E-state index in [0.29, 0.717) is 31.1 Å². The molecule has 0 spiro atoms. The first-order valence-electron chi connectivity index (χ1n) is 15.9. The van der Waals surface area contributed by atoms with Crippen molar-refractivity contribution in [1.29, 1.82) is 0 Å². The molecule has 1 aliphatic heterocycles. The SMILES string of the molecule is CC(C)NC(=O)Nc1ccc2c(c1)C(=O)N([C@@H](C)CO)C[C@H](C)[C@@H](CN(C)Cc1ccc(C(F)(F)F)cc1)OCCCC[C@@H](C)O2. The molecule has 0 saturated heterocycles. The molecule has 3 rings (SSSR count). The Kier molecular flexibility index (Phi) is 13.7. The van der Waals surface area contributed by atoms with E-state index < -0.39 is 23.8 Å². The van der Waals surface area contributed by atoms with Crippen LogP contribution >= 0.6 is 0 Å². The Balaban J connectivity index is 1.87. The lowest BCUT2D eigenvalue weighted by Gasteiger charge is -2.36. The Morgan fingerprint density at radius 1 is 1.11 bits per heavy atom. The number of carbonyl (C=O) groups is 2. The summed E-state index contributed by atoms with van der Waals surface area (Å²) < 4.78 is 51.7. The molecule has 12 heteroatoms. The first-order chi connectivity index (χ1) is 21.7. The van der Waals surface area contributed by atoms with Crippen LogP contribution in [0.2, 0.25) is 0 Å². The number of anilines is 1. The average Bonchev–Trinajstić information content (AvgIpc) is 2.98. The monoisotopic (exact) mass is 650 g/mol. The maximum atomic E-state index is 14.2. The molecule has 0 unspecified atom stereocenters. The maximum Gasteiger partial charge on any atom is 0.416 e. The molecule has 1 heterocycles. The number of benzene rings is 2. The number of hydrogen-bond acceptors (Lipinski definition) is 6. The van der Waals surface area contributed by atoms with E-state index in [1.54, 1.807) is 30.0 Å². The number of nitrogens with one attached hydrogen (secondary N) is 2. The van der Waals surface area contributed by atoms with Crippen molar-refractivity contribution in [3.8, 4) is 5.75 Å². The smallest absolute Gasteiger partial charge is 0.416 e. The fourth-order valence-corrected chi connectivity index (χ4v) is 5.37. The van der Waals surface area contributed by atoms with E-state index in [9.17, 15) is 27.9 Å². The van der Waals surface area contributed by atoms with Crippen LogP contribution in [0.4, 0.5) is 23.7 Å². The van der Waals surface area contributed by atoms with Crippen LogP contribution in [0.25, 0.3) is 0 Å². The van der Waals surface area contributed by atoms with Gasteiger partial charge in [0.2, 0.25) is 0 Å². The summed E-state index contributed by atoms with van der Waals surface area (Å²) in [5, 5.41) is 15.7. The van der Waals surface area contributed by atoms with E-state index in [0.717, 1.165) is 37.0 Å². The van der Waals surface area contributed by atoms with E-state index in [1.807, 2.05) is 39.6 Å². The number of alkyl halides is 3. The zero-order valence-corrected chi connectivity index (χ0v) is 27.7. The number of hydrogen-bond donors (Lipinski definition) is 3. The molecule has 0 aromatic heterocycles. The summed E-state index contributed by atoms with van der Waals surface area (Å²) in [6.45, 7) is 10.8. The molecule has 0 aliphatic carbocycles. The Labute approximate surface area is 270 Å². The molecule has 1 aliphatic rings. The lowest BCUT2D eigenvalue weighted by atomic mass is 10.0. The van der Waals surface area contributed by atoms with Gasteiger partial charge < -0.3 is 30.1 Å². The first kappa shape index (κ1) is 37.1.